The van der Waals surface area contributed by atoms with Crippen molar-refractivity contribution in [3.63, 3.8) is 0 Å². The zero-order chi connectivity index (χ0) is 20.3. The molecule has 0 aliphatic carbocycles. The minimum atomic E-state index is -0.0887. The summed E-state index contributed by atoms with van der Waals surface area (Å²) in [6.07, 6.45) is 5.17. The number of carbonyl (C=O) groups is 2. The van der Waals surface area contributed by atoms with E-state index in [-0.39, 0.29) is 17.3 Å². The van der Waals surface area contributed by atoms with E-state index >= 15 is 0 Å². The van der Waals surface area contributed by atoms with Crippen molar-refractivity contribution in [1.29, 1.82) is 0 Å². The summed E-state index contributed by atoms with van der Waals surface area (Å²) in [5.74, 6) is 0.716. The lowest BCUT2D eigenvalue weighted by atomic mass is 10.1. The lowest BCUT2D eigenvalue weighted by molar-refractivity contribution is 0.101. The molecule has 0 aliphatic heterocycles. The number of aromatic amines is 1. The molecule has 3 aromatic heterocycles. The molecule has 0 spiro atoms. The fraction of sp³-hybridized carbons (Fsp3) is 0.250. The van der Waals surface area contributed by atoms with Crippen LogP contribution in [0.3, 0.4) is 0 Å². The molecule has 0 saturated heterocycles. The van der Waals surface area contributed by atoms with E-state index in [1.54, 1.807) is 32.3 Å². The number of hydrogen-bond donors (Lipinski definition) is 1. The Morgan fingerprint density at radius 1 is 1.32 bits per heavy atom. The number of carbonyl (C=O) groups excluding carboxylic acids is 2. The molecular formula is C20H21N5O2S. The standard InChI is InChI=1S/C20H21N5O2S/c1-5-9-25-19(15-7-6-8-21-10-15)23-24-20(25)28-11-16(27)18-12(2)17(14(4)26)13(3)22-18/h5-8,10,22H,1,9,11H2,2-4H3. The van der Waals surface area contributed by atoms with Crippen LogP contribution in [0.5, 0.6) is 0 Å². The monoisotopic (exact) mass is 395 g/mol. The molecule has 3 rings (SSSR count). The largest absolute Gasteiger partial charge is 0.355 e. The number of aryl methyl sites for hydroxylation is 1. The van der Waals surface area contributed by atoms with Gasteiger partial charge < -0.3 is 4.98 Å². The lowest BCUT2D eigenvalue weighted by Crippen LogP contribution is -2.07. The van der Waals surface area contributed by atoms with Crippen molar-refractivity contribution in [2.24, 2.45) is 0 Å². The smallest absolute Gasteiger partial charge is 0.192 e. The zero-order valence-corrected chi connectivity index (χ0v) is 16.8. The third kappa shape index (κ3) is 3.82. The third-order valence-electron chi connectivity index (χ3n) is 4.35. The number of nitrogens with one attached hydrogen (secondary N) is 1. The molecule has 0 aliphatic rings. The van der Waals surface area contributed by atoms with Crippen molar-refractivity contribution in [2.45, 2.75) is 32.5 Å². The maximum absolute atomic E-state index is 12.7. The number of thioether (sulfide) groups is 1. The number of allylic oxidation sites excluding steroid dienone is 1. The average Bonchev–Trinajstić information content (AvgIpc) is 3.21. The summed E-state index contributed by atoms with van der Waals surface area (Å²) in [5, 5.41) is 9.11. The van der Waals surface area contributed by atoms with E-state index in [0.717, 1.165) is 5.56 Å². The number of ketones is 2. The molecule has 7 nitrogen and oxygen atoms in total. The second-order valence-electron chi connectivity index (χ2n) is 6.34. The Kier molecular flexibility index (Phi) is 5.89. The minimum absolute atomic E-state index is 0.0511. The van der Waals surface area contributed by atoms with Crippen LogP contribution in [0, 0.1) is 13.8 Å². The second-order valence-corrected chi connectivity index (χ2v) is 7.28. The first-order valence-electron chi connectivity index (χ1n) is 8.74. The van der Waals surface area contributed by atoms with E-state index in [0.29, 0.717) is 40.0 Å². The van der Waals surface area contributed by atoms with E-state index in [2.05, 4.69) is 26.7 Å². The minimum Gasteiger partial charge on any atom is -0.355 e. The van der Waals surface area contributed by atoms with Gasteiger partial charge in [-0.25, -0.2) is 0 Å². The number of H-pyrrole nitrogens is 1. The Hall–Kier alpha value is -3.00. The normalized spacial score (nSPS) is 10.8. The Morgan fingerprint density at radius 2 is 2.11 bits per heavy atom. The highest BCUT2D eigenvalue weighted by molar-refractivity contribution is 7.99. The topological polar surface area (TPSA) is 93.5 Å². The van der Waals surface area contributed by atoms with Gasteiger partial charge in [0.2, 0.25) is 0 Å². The second kappa shape index (κ2) is 8.35. The van der Waals surface area contributed by atoms with Gasteiger partial charge in [0, 0.05) is 35.8 Å². The van der Waals surface area contributed by atoms with Crippen molar-refractivity contribution in [1.82, 2.24) is 24.7 Å². The fourth-order valence-corrected chi connectivity index (χ4v) is 3.98. The van der Waals surface area contributed by atoms with E-state index in [4.69, 9.17) is 0 Å². The molecule has 0 saturated carbocycles. The van der Waals surface area contributed by atoms with Crippen LogP contribution in [0.4, 0.5) is 0 Å². The van der Waals surface area contributed by atoms with Crippen LogP contribution in [-0.2, 0) is 6.54 Å². The van der Waals surface area contributed by atoms with Gasteiger partial charge >= 0.3 is 0 Å². The Labute approximate surface area is 167 Å². The molecule has 8 heteroatoms. The van der Waals surface area contributed by atoms with Crippen LogP contribution < -0.4 is 0 Å². The van der Waals surface area contributed by atoms with Gasteiger partial charge in [-0.3, -0.25) is 19.1 Å². The summed E-state index contributed by atoms with van der Waals surface area (Å²) in [7, 11) is 0. The van der Waals surface area contributed by atoms with E-state index in [9.17, 15) is 9.59 Å². The summed E-state index contributed by atoms with van der Waals surface area (Å²) in [4.78, 5) is 31.7. The van der Waals surface area contributed by atoms with E-state index in [1.165, 1.54) is 18.7 Å². The van der Waals surface area contributed by atoms with E-state index < -0.39 is 0 Å². The number of nitrogens with zero attached hydrogens (tertiary/aromatic N) is 4. The molecule has 1 N–H and O–H groups in total. The first kappa shape index (κ1) is 19.8. The predicted molar refractivity (Wildman–Crippen MR) is 109 cm³/mol. The quantitative estimate of drug-likeness (QED) is 0.355. The number of hydrogen-bond acceptors (Lipinski definition) is 6. The molecule has 144 valence electrons. The van der Waals surface area contributed by atoms with Crippen molar-refractivity contribution >= 4 is 23.3 Å². The van der Waals surface area contributed by atoms with Crippen LogP contribution in [-0.4, -0.2) is 42.1 Å². The molecule has 0 radical (unpaired) electrons. The van der Waals surface area contributed by atoms with Gasteiger partial charge in [0.15, 0.2) is 22.5 Å². The maximum Gasteiger partial charge on any atom is 0.192 e. The molecule has 28 heavy (non-hydrogen) atoms. The van der Waals surface area contributed by atoms with Crippen LogP contribution >= 0.6 is 11.8 Å². The average molecular weight is 395 g/mol. The van der Waals surface area contributed by atoms with Gasteiger partial charge in [0.05, 0.1) is 11.4 Å². The van der Waals surface area contributed by atoms with Crippen LogP contribution in [0.1, 0.15) is 39.0 Å². The highest BCUT2D eigenvalue weighted by atomic mass is 32.2. The summed E-state index contributed by atoms with van der Waals surface area (Å²) in [5.41, 5.74) is 3.31. The van der Waals surface area contributed by atoms with Gasteiger partial charge in [-0.1, -0.05) is 17.8 Å². The van der Waals surface area contributed by atoms with Crippen LogP contribution in [0.15, 0.2) is 42.3 Å². The highest BCUT2D eigenvalue weighted by Crippen LogP contribution is 2.25. The molecular weight excluding hydrogens is 374 g/mol. The first-order chi connectivity index (χ1) is 13.4. The number of pyridine rings is 1. The molecule has 0 unspecified atom stereocenters. The maximum atomic E-state index is 12.7. The fourth-order valence-electron chi connectivity index (χ4n) is 3.16. The van der Waals surface area contributed by atoms with Crippen LogP contribution in [0.2, 0.25) is 0 Å². The van der Waals surface area contributed by atoms with Crippen molar-refractivity contribution < 1.29 is 9.59 Å². The lowest BCUT2D eigenvalue weighted by Gasteiger charge is -2.07. The van der Waals surface area contributed by atoms with E-state index in [1.807, 2.05) is 16.7 Å². The number of aromatic nitrogens is 5. The molecule has 0 atom stereocenters. The van der Waals surface area contributed by atoms with Gasteiger partial charge in [-0.15, -0.1) is 16.8 Å². The summed E-state index contributed by atoms with van der Waals surface area (Å²) in [6.45, 7) is 9.40. The molecule has 0 bridgehead atoms. The van der Waals surface area contributed by atoms with Crippen LogP contribution in [0.25, 0.3) is 11.4 Å². The summed E-state index contributed by atoms with van der Waals surface area (Å²) < 4.78 is 1.90. The first-order valence-corrected chi connectivity index (χ1v) is 9.73. The molecule has 0 fully saturated rings. The predicted octanol–water partition coefficient (Wildman–Crippen LogP) is 3.65. The highest BCUT2D eigenvalue weighted by Gasteiger charge is 2.21. The Morgan fingerprint density at radius 3 is 2.71 bits per heavy atom. The SMILES string of the molecule is C=CCn1c(SCC(=O)c2[nH]c(C)c(C(C)=O)c2C)nnc1-c1cccnc1. The molecule has 3 aromatic rings. The molecule has 3 heterocycles. The third-order valence-corrected chi connectivity index (χ3v) is 5.32. The van der Waals surface area contributed by atoms with Gasteiger partial charge in [-0.2, -0.15) is 0 Å². The molecule has 0 aromatic carbocycles. The molecule has 0 amide bonds. The number of rotatable bonds is 8. The van der Waals surface area contributed by atoms with Gasteiger partial charge in [-0.05, 0) is 38.5 Å². The Balaban J connectivity index is 1.82. The van der Waals surface area contributed by atoms with Gasteiger partial charge in [0.25, 0.3) is 0 Å². The van der Waals surface area contributed by atoms with Crippen molar-refractivity contribution in [3.05, 3.63) is 59.7 Å². The summed E-state index contributed by atoms with van der Waals surface area (Å²) in [6, 6.07) is 3.74. The number of Topliss-reactive ketones (excluding diaryl/α,β-unsaturated/α-hetero) is 2. The summed E-state index contributed by atoms with van der Waals surface area (Å²) >= 11 is 1.30. The Bertz CT molecular complexity index is 1040. The van der Waals surface area contributed by atoms with Crippen molar-refractivity contribution in [3.8, 4) is 11.4 Å². The van der Waals surface area contributed by atoms with Gasteiger partial charge in [0.1, 0.15) is 0 Å². The zero-order valence-electron chi connectivity index (χ0n) is 16.0. The van der Waals surface area contributed by atoms with Crippen molar-refractivity contribution in [2.75, 3.05) is 5.75 Å².